The minimum atomic E-state index is -0.533. The molecule has 2 N–H and O–H groups in total. The van der Waals surface area contributed by atoms with Crippen LogP contribution in [-0.2, 0) is 11.2 Å². The SMILES string of the molecule is CCC1Cc2c(C)ccc(NNC(=O)OC)c2O1. The number of carbonyl (C=O) groups excluding carboxylic acids is 1. The average molecular weight is 250 g/mol. The topological polar surface area (TPSA) is 59.6 Å². The number of ether oxygens (including phenoxy) is 2. The van der Waals surface area contributed by atoms with Gasteiger partial charge < -0.3 is 9.47 Å². The highest BCUT2D eigenvalue weighted by Gasteiger charge is 2.25. The molecule has 1 unspecified atom stereocenters. The van der Waals surface area contributed by atoms with Gasteiger partial charge in [-0.2, -0.15) is 0 Å². The molecule has 1 amide bonds. The van der Waals surface area contributed by atoms with Crippen LogP contribution in [0.2, 0.25) is 0 Å². The van der Waals surface area contributed by atoms with E-state index in [0.29, 0.717) is 0 Å². The van der Waals surface area contributed by atoms with E-state index in [1.807, 2.05) is 12.1 Å². The van der Waals surface area contributed by atoms with Crippen LogP contribution in [-0.4, -0.2) is 19.3 Å². The summed E-state index contributed by atoms with van der Waals surface area (Å²) < 4.78 is 10.4. The molecule has 2 rings (SSSR count). The average Bonchev–Trinajstić information content (AvgIpc) is 2.82. The van der Waals surface area contributed by atoms with Crippen molar-refractivity contribution in [1.82, 2.24) is 5.43 Å². The van der Waals surface area contributed by atoms with Gasteiger partial charge in [0.1, 0.15) is 11.9 Å². The Balaban J connectivity index is 2.18. The Hall–Kier alpha value is -1.91. The molecule has 0 aromatic heterocycles. The molecule has 0 bridgehead atoms. The van der Waals surface area contributed by atoms with Crippen molar-refractivity contribution in [3.63, 3.8) is 0 Å². The number of nitrogens with one attached hydrogen (secondary N) is 2. The largest absolute Gasteiger partial charge is 0.488 e. The lowest BCUT2D eigenvalue weighted by Crippen LogP contribution is -2.29. The van der Waals surface area contributed by atoms with Gasteiger partial charge in [-0.1, -0.05) is 13.0 Å². The molecule has 1 atom stereocenters. The molecule has 1 aromatic carbocycles. The van der Waals surface area contributed by atoms with Crippen LogP contribution in [0.5, 0.6) is 5.75 Å². The van der Waals surface area contributed by atoms with Gasteiger partial charge in [0.05, 0.1) is 12.8 Å². The third kappa shape index (κ3) is 2.34. The second-order valence-electron chi connectivity index (χ2n) is 4.33. The van der Waals surface area contributed by atoms with Crippen molar-refractivity contribution < 1.29 is 14.3 Å². The van der Waals surface area contributed by atoms with E-state index in [0.717, 1.165) is 24.3 Å². The van der Waals surface area contributed by atoms with Gasteiger partial charge in [-0.05, 0) is 25.0 Å². The zero-order valence-electron chi connectivity index (χ0n) is 10.9. The minimum Gasteiger partial charge on any atom is -0.488 e. The number of fused-ring (bicyclic) bond motifs is 1. The quantitative estimate of drug-likeness (QED) is 0.809. The van der Waals surface area contributed by atoms with Gasteiger partial charge in [-0.25, -0.2) is 10.2 Å². The van der Waals surface area contributed by atoms with Gasteiger partial charge in [0.2, 0.25) is 0 Å². The summed E-state index contributed by atoms with van der Waals surface area (Å²) in [6, 6.07) is 3.91. The Labute approximate surface area is 106 Å². The van der Waals surface area contributed by atoms with Crippen LogP contribution in [0.3, 0.4) is 0 Å². The highest BCUT2D eigenvalue weighted by Crippen LogP contribution is 2.38. The molecule has 1 heterocycles. The molecular formula is C13H18N2O3. The molecule has 1 aliphatic heterocycles. The molecule has 0 spiro atoms. The highest BCUT2D eigenvalue weighted by atomic mass is 16.5. The van der Waals surface area contributed by atoms with E-state index in [1.54, 1.807) is 0 Å². The van der Waals surface area contributed by atoms with Crippen LogP contribution in [0.15, 0.2) is 12.1 Å². The zero-order valence-corrected chi connectivity index (χ0v) is 10.9. The Morgan fingerprint density at radius 2 is 2.33 bits per heavy atom. The second kappa shape index (κ2) is 5.16. The number of hydrogen-bond donors (Lipinski definition) is 2. The van der Waals surface area contributed by atoms with Crippen molar-refractivity contribution in [2.45, 2.75) is 32.8 Å². The minimum absolute atomic E-state index is 0.222. The summed E-state index contributed by atoms with van der Waals surface area (Å²) in [7, 11) is 1.32. The second-order valence-corrected chi connectivity index (χ2v) is 4.33. The highest BCUT2D eigenvalue weighted by molar-refractivity contribution is 5.71. The third-order valence-electron chi connectivity index (χ3n) is 3.15. The summed E-state index contributed by atoms with van der Waals surface area (Å²) in [6.45, 7) is 4.17. The predicted molar refractivity (Wildman–Crippen MR) is 68.8 cm³/mol. The summed E-state index contributed by atoms with van der Waals surface area (Å²) in [5.74, 6) is 0.832. The first kappa shape index (κ1) is 12.5. The molecule has 0 saturated carbocycles. The Morgan fingerprint density at radius 3 is 3.00 bits per heavy atom. The molecule has 98 valence electrons. The summed E-state index contributed by atoms with van der Waals surface area (Å²) in [6.07, 6.45) is 1.58. The Morgan fingerprint density at radius 1 is 1.56 bits per heavy atom. The first-order valence-electron chi connectivity index (χ1n) is 6.04. The summed E-state index contributed by atoms with van der Waals surface area (Å²) >= 11 is 0. The molecular weight excluding hydrogens is 232 g/mol. The Bertz CT molecular complexity index is 460. The van der Waals surface area contributed by atoms with Crippen LogP contribution >= 0.6 is 0 Å². The molecule has 0 radical (unpaired) electrons. The molecule has 1 aromatic rings. The molecule has 0 fully saturated rings. The number of aryl methyl sites for hydroxylation is 1. The monoisotopic (exact) mass is 250 g/mol. The van der Waals surface area contributed by atoms with Crippen LogP contribution in [0.25, 0.3) is 0 Å². The summed E-state index contributed by atoms with van der Waals surface area (Å²) in [5.41, 5.74) is 8.44. The number of amides is 1. The van der Waals surface area contributed by atoms with Crippen molar-refractivity contribution in [3.05, 3.63) is 23.3 Å². The number of carbonyl (C=O) groups is 1. The van der Waals surface area contributed by atoms with Gasteiger partial charge in [-0.15, -0.1) is 0 Å². The van der Waals surface area contributed by atoms with Crippen LogP contribution in [0.1, 0.15) is 24.5 Å². The normalized spacial score (nSPS) is 16.7. The molecule has 18 heavy (non-hydrogen) atoms. The van der Waals surface area contributed by atoms with E-state index in [2.05, 4.69) is 29.4 Å². The number of hydrazine groups is 1. The van der Waals surface area contributed by atoms with E-state index >= 15 is 0 Å². The number of benzene rings is 1. The molecule has 5 nitrogen and oxygen atoms in total. The number of anilines is 1. The molecule has 0 aliphatic carbocycles. The van der Waals surface area contributed by atoms with Gasteiger partial charge in [0.25, 0.3) is 0 Å². The van der Waals surface area contributed by atoms with Gasteiger partial charge in [0, 0.05) is 12.0 Å². The first-order valence-corrected chi connectivity index (χ1v) is 6.04. The van der Waals surface area contributed by atoms with Gasteiger partial charge in [-0.3, -0.25) is 5.43 Å². The van der Waals surface area contributed by atoms with E-state index in [4.69, 9.17) is 4.74 Å². The fourth-order valence-electron chi connectivity index (χ4n) is 2.05. The van der Waals surface area contributed by atoms with Crippen LogP contribution < -0.4 is 15.6 Å². The third-order valence-corrected chi connectivity index (χ3v) is 3.15. The van der Waals surface area contributed by atoms with E-state index in [-0.39, 0.29) is 6.10 Å². The molecule has 1 aliphatic rings. The maximum atomic E-state index is 11.0. The molecule has 5 heteroatoms. The first-order chi connectivity index (χ1) is 8.65. The standard InChI is InChI=1S/C13H18N2O3/c1-4-9-7-10-8(2)5-6-11(12(10)18-9)14-15-13(16)17-3/h5-6,9,14H,4,7H2,1-3H3,(H,15,16). The van der Waals surface area contributed by atoms with E-state index in [1.165, 1.54) is 18.2 Å². The van der Waals surface area contributed by atoms with Crippen LogP contribution in [0, 0.1) is 6.92 Å². The lowest BCUT2D eigenvalue weighted by molar-refractivity contribution is 0.173. The lowest BCUT2D eigenvalue weighted by atomic mass is 10.0. The van der Waals surface area contributed by atoms with E-state index in [9.17, 15) is 4.79 Å². The van der Waals surface area contributed by atoms with Crippen molar-refractivity contribution >= 4 is 11.8 Å². The zero-order chi connectivity index (χ0) is 13.1. The van der Waals surface area contributed by atoms with E-state index < -0.39 is 6.09 Å². The van der Waals surface area contributed by atoms with Gasteiger partial charge in [0.15, 0.2) is 0 Å². The fraction of sp³-hybridized carbons (Fsp3) is 0.462. The van der Waals surface area contributed by atoms with Crippen molar-refractivity contribution in [3.8, 4) is 5.75 Å². The van der Waals surface area contributed by atoms with Crippen molar-refractivity contribution in [1.29, 1.82) is 0 Å². The number of rotatable bonds is 3. The number of methoxy groups -OCH3 is 1. The van der Waals surface area contributed by atoms with Crippen molar-refractivity contribution in [2.75, 3.05) is 12.5 Å². The maximum Gasteiger partial charge on any atom is 0.425 e. The lowest BCUT2D eigenvalue weighted by Gasteiger charge is -2.13. The smallest absolute Gasteiger partial charge is 0.425 e. The predicted octanol–water partition coefficient (Wildman–Crippen LogP) is 2.39. The molecule has 0 saturated heterocycles. The summed E-state index contributed by atoms with van der Waals surface area (Å²) in [5, 5.41) is 0. The summed E-state index contributed by atoms with van der Waals surface area (Å²) in [4.78, 5) is 11.0. The maximum absolute atomic E-state index is 11.0. The Kier molecular flexibility index (Phi) is 3.60. The van der Waals surface area contributed by atoms with Gasteiger partial charge >= 0.3 is 6.09 Å². The fourth-order valence-corrected chi connectivity index (χ4v) is 2.05. The van der Waals surface area contributed by atoms with Crippen LogP contribution in [0.4, 0.5) is 10.5 Å². The number of hydrogen-bond acceptors (Lipinski definition) is 4. The van der Waals surface area contributed by atoms with Crippen molar-refractivity contribution in [2.24, 2.45) is 0 Å².